The number of aromatic nitrogens is 3. The van der Waals surface area contributed by atoms with Gasteiger partial charge in [0.15, 0.2) is 0 Å². The van der Waals surface area contributed by atoms with Gasteiger partial charge in [0.25, 0.3) is 0 Å². The van der Waals surface area contributed by atoms with Crippen LogP contribution in [0, 0.1) is 0 Å². The van der Waals surface area contributed by atoms with Crippen LogP contribution < -0.4 is 10.6 Å². The molecule has 0 bridgehead atoms. The average molecular weight is 403 g/mol. The molecule has 1 heterocycles. The van der Waals surface area contributed by atoms with Crippen molar-refractivity contribution in [1.29, 1.82) is 0 Å². The molecule has 6 nitrogen and oxygen atoms in total. The summed E-state index contributed by atoms with van der Waals surface area (Å²) >= 11 is 0. The van der Waals surface area contributed by atoms with Crippen LogP contribution in [0.4, 0.5) is 18.9 Å². The van der Waals surface area contributed by atoms with Crippen molar-refractivity contribution in [3.63, 3.8) is 0 Å². The van der Waals surface area contributed by atoms with E-state index in [1.54, 1.807) is 0 Å². The van der Waals surface area contributed by atoms with Crippen molar-refractivity contribution in [2.45, 2.75) is 31.6 Å². The minimum Gasteiger partial charge on any atom is -0.326 e. The first-order valence-corrected chi connectivity index (χ1v) is 8.96. The Labute approximate surface area is 165 Å². The zero-order chi connectivity index (χ0) is 20.9. The zero-order valence-corrected chi connectivity index (χ0v) is 15.6. The van der Waals surface area contributed by atoms with Gasteiger partial charge in [-0.3, -0.25) is 9.89 Å². The monoisotopic (exact) mass is 403 g/mol. The Morgan fingerprint density at radius 1 is 1.14 bits per heavy atom. The van der Waals surface area contributed by atoms with Crippen LogP contribution in [0.2, 0.25) is 0 Å². The first-order chi connectivity index (χ1) is 13.8. The molecule has 3 aromatic rings. The molecule has 3 N–H and O–H groups in total. The van der Waals surface area contributed by atoms with Crippen LogP contribution in [-0.2, 0) is 11.0 Å². The van der Waals surface area contributed by atoms with E-state index in [2.05, 4.69) is 25.8 Å². The number of aromatic amines is 1. The molecule has 0 unspecified atom stereocenters. The maximum Gasteiger partial charge on any atom is 0.416 e. The lowest BCUT2D eigenvalue weighted by Crippen LogP contribution is -2.35. The summed E-state index contributed by atoms with van der Waals surface area (Å²) in [5, 5.41) is 12.5. The van der Waals surface area contributed by atoms with Gasteiger partial charge in [0.2, 0.25) is 5.91 Å². The van der Waals surface area contributed by atoms with Crippen molar-refractivity contribution >= 4 is 11.6 Å². The number of halogens is 3. The summed E-state index contributed by atoms with van der Waals surface area (Å²) in [4.78, 5) is 16.5. The van der Waals surface area contributed by atoms with Crippen molar-refractivity contribution in [2.24, 2.45) is 0 Å². The quantitative estimate of drug-likeness (QED) is 0.558. The molecule has 9 heteroatoms. The van der Waals surface area contributed by atoms with E-state index in [9.17, 15) is 18.0 Å². The lowest BCUT2D eigenvalue weighted by molar-refractivity contribution is -0.137. The van der Waals surface area contributed by atoms with E-state index < -0.39 is 17.6 Å². The Morgan fingerprint density at radius 3 is 2.55 bits per heavy atom. The van der Waals surface area contributed by atoms with Crippen LogP contribution in [0.3, 0.4) is 0 Å². The van der Waals surface area contributed by atoms with E-state index in [-0.39, 0.29) is 24.2 Å². The lowest BCUT2D eigenvalue weighted by Gasteiger charge is -2.22. The number of carbonyl (C=O) groups excluding carboxylic acids is 1. The molecule has 0 aliphatic carbocycles. The summed E-state index contributed by atoms with van der Waals surface area (Å²) in [5.41, 5.74) is 0.234. The van der Waals surface area contributed by atoms with Gasteiger partial charge in [-0.1, -0.05) is 36.4 Å². The van der Waals surface area contributed by atoms with Crippen LogP contribution in [-0.4, -0.2) is 27.1 Å². The third-order valence-electron chi connectivity index (χ3n) is 4.26. The summed E-state index contributed by atoms with van der Waals surface area (Å²) in [6.07, 6.45) is -3.00. The topological polar surface area (TPSA) is 82.7 Å². The fourth-order valence-electron chi connectivity index (χ4n) is 2.94. The predicted octanol–water partition coefficient (Wildman–Crippen LogP) is 3.92. The van der Waals surface area contributed by atoms with Crippen LogP contribution in [0.25, 0.3) is 0 Å². The highest BCUT2D eigenvalue weighted by Gasteiger charge is 2.30. The van der Waals surface area contributed by atoms with Gasteiger partial charge in [0.1, 0.15) is 12.2 Å². The summed E-state index contributed by atoms with van der Waals surface area (Å²) in [6, 6.07) is 13.5. The molecule has 0 aliphatic heterocycles. The maximum absolute atomic E-state index is 12.8. The molecule has 0 aliphatic rings. The average Bonchev–Trinajstić information content (AvgIpc) is 3.20. The van der Waals surface area contributed by atoms with Crippen LogP contribution in [0.15, 0.2) is 60.9 Å². The molecule has 152 valence electrons. The number of alkyl halides is 3. The number of nitrogens with zero attached hydrogens (tertiary/aromatic N) is 2. The van der Waals surface area contributed by atoms with Crippen LogP contribution in [0.1, 0.15) is 36.3 Å². The van der Waals surface area contributed by atoms with Gasteiger partial charge in [-0.25, -0.2) is 4.98 Å². The van der Waals surface area contributed by atoms with Gasteiger partial charge in [-0.2, -0.15) is 18.3 Å². The molecule has 3 rings (SSSR count). The van der Waals surface area contributed by atoms with Gasteiger partial charge in [-0.15, -0.1) is 0 Å². The van der Waals surface area contributed by atoms with E-state index in [0.29, 0.717) is 5.82 Å². The Morgan fingerprint density at radius 2 is 1.90 bits per heavy atom. The minimum atomic E-state index is -4.46. The highest BCUT2D eigenvalue weighted by Crippen LogP contribution is 2.30. The van der Waals surface area contributed by atoms with Crippen molar-refractivity contribution in [3.8, 4) is 0 Å². The fourth-order valence-corrected chi connectivity index (χ4v) is 2.94. The third-order valence-corrected chi connectivity index (χ3v) is 4.26. The molecule has 0 saturated heterocycles. The SMILES string of the molecule is C[C@H](CC(=O)Nc1cccc(C(F)(F)F)c1)N[C@H](c1ccccc1)c1ncn[nH]1. The molecule has 0 fully saturated rings. The smallest absolute Gasteiger partial charge is 0.326 e. The minimum absolute atomic E-state index is 0.0632. The number of hydrogen-bond donors (Lipinski definition) is 3. The molecule has 0 saturated carbocycles. The standard InChI is InChI=1S/C20H20F3N5O/c1-13(10-17(29)27-16-9-5-8-15(11-16)20(21,22)23)26-18(19-24-12-25-28-19)14-6-3-2-4-7-14/h2-9,11-13,18,26H,10H2,1H3,(H,27,29)(H,24,25,28)/t13-,18-/m1/s1. The molecular formula is C20H20F3N5O. The Hall–Kier alpha value is -3.20. The van der Waals surface area contributed by atoms with Crippen LogP contribution in [0.5, 0.6) is 0 Å². The van der Waals surface area contributed by atoms with Crippen molar-refractivity contribution < 1.29 is 18.0 Å². The summed E-state index contributed by atoms with van der Waals surface area (Å²) in [5.74, 6) is 0.204. The molecule has 2 atom stereocenters. The number of anilines is 1. The van der Waals surface area contributed by atoms with Crippen LogP contribution >= 0.6 is 0 Å². The zero-order valence-electron chi connectivity index (χ0n) is 15.6. The normalized spacial score (nSPS) is 13.7. The summed E-state index contributed by atoms with van der Waals surface area (Å²) in [6.45, 7) is 1.82. The second-order valence-corrected chi connectivity index (χ2v) is 6.61. The highest BCUT2D eigenvalue weighted by atomic mass is 19.4. The van der Waals surface area contributed by atoms with Gasteiger partial charge in [-0.05, 0) is 30.7 Å². The number of amides is 1. The van der Waals surface area contributed by atoms with Gasteiger partial charge < -0.3 is 10.6 Å². The number of hydrogen-bond acceptors (Lipinski definition) is 4. The van der Waals surface area contributed by atoms with E-state index in [1.165, 1.54) is 18.5 Å². The molecule has 1 aromatic heterocycles. The second-order valence-electron chi connectivity index (χ2n) is 6.61. The van der Waals surface area contributed by atoms with E-state index in [1.807, 2.05) is 37.3 Å². The van der Waals surface area contributed by atoms with E-state index >= 15 is 0 Å². The molecule has 0 spiro atoms. The van der Waals surface area contributed by atoms with Gasteiger partial charge in [0, 0.05) is 18.2 Å². The molecule has 0 radical (unpaired) electrons. The maximum atomic E-state index is 12.8. The van der Waals surface area contributed by atoms with Crippen molar-refractivity contribution in [3.05, 3.63) is 77.9 Å². The number of rotatable bonds is 7. The fraction of sp³-hybridized carbons (Fsp3) is 0.250. The number of H-pyrrole nitrogens is 1. The number of benzene rings is 2. The largest absolute Gasteiger partial charge is 0.416 e. The molecular weight excluding hydrogens is 383 g/mol. The summed E-state index contributed by atoms with van der Waals surface area (Å²) < 4.78 is 38.5. The first kappa shape index (κ1) is 20.5. The second kappa shape index (κ2) is 8.87. The predicted molar refractivity (Wildman–Crippen MR) is 102 cm³/mol. The molecule has 1 amide bonds. The van der Waals surface area contributed by atoms with Gasteiger partial charge >= 0.3 is 6.18 Å². The first-order valence-electron chi connectivity index (χ1n) is 8.96. The Kier molecular flexibility index (Phi) is 6.28. The van der Waals surface area contributed by atoms with E-state index in [0.717, 1.165) is 17.7 Å². The number of carbonyl (C=O) groups is 1. The van der Waals surface area contributed by atoms with Crippen molar-refractivity contribution in [2.75, 3.05) is 5.32 Å². The Balaban J connectivity index is 1.64. The van der Waals surface area contributed by atoms with Crippen molar-refractivity contribution in [1.82, 2.24) is 20.5 Å². The lowest BCUT2D eigenvalue weighted by atomic mass is 10.0. The molecule has 29 heavy (non-hydrogen) atoms. The van der Waals surface area contributed by atoms with Gasteiger partial charge in [0.05, 0.1) is 11.6 Å². The van der Waals surface area contributed by atoms with E-state index in [4.69, 9.17) is 0 Å². The molecule has 2 aromatic carbocycles. The third kappa shape index (κ3) is 5.64. The Bertz CT molecular complexity index is 929. The number of nitrogens with one attached hydrogen (secondary N) is 3. The highest BCUT2D eigenvalue weighted by molar-refractivity contribution is 5.91. The summed E-state index contributed by atoms with van der Waals surface area (Å²) in [7, 11) is 0.